The topological polar surface area (TPSA) is 88.0 Å². The van der Waals surface area contributed by atoms with E-state index in [1.54, 1.807) is 18.2 Å². The average molecular weight is 371 g/mol. The summed E-state index contributed by atoms with van der Waals surface area (Å²) in [7, 11) is 0. The van der Waals surface area contributed by atoms with Gasteiger partial charge in [-0.2, -0.15) is 0 Å². The number of nitro benzene ring substituents is 1. The number of halogens is 1. The molecule has 0 saturated carbocycles. The maximum atomic E-state index is 12.6. The summed E-state index contributed by atoms with van der Waals surface area (Å²) in [5.74, 6) is 0.0458. The summed E-state index contributed by atoms with van der Waals surface area (Å²) < 4.78 is 5.54. The van der Waals surface area contributed by atoms with Crippen LogP contribution in [0.4, 0.5) is 11.4 Å². The Bertz CT molecular complexity index is 622. The molecule has 1 aromatic rings. The van der Waals surface area contributed by atoms with E-state index in [0.29, 0.717) is 45.0 Å². The third kappa shape index (κ3) is 4.20. The lowest BCUT2D eigenvalue weighted by Crippen LogP contribution is -2.59. The highest BCUT2D eigenvalue weighted by Crippen LogP contribution is 2.28. The number of benzene rings is 1. The first-order valence-electron chi connectivity index (χ1n) is 8.20. The number of carbonyl (C=O) groups is 1. The lowest BCUT2D eigenvalue weighted by molar-refractivity contribution is -0.384. The Labute approximate surface area is 152 Å². The molecule has 2 atom stereocenters. The van der Waals surface area contributed by atoms with Crippen molar-refractivity contribution in [3.63, 3.8) is 0 Å². The van der Waals surface area contributed by atoms with E-state index < -0.39 is 0 Å². The molecule has 2 aliphatic rings. The molecular weight excluding hydrogens is 348 g/mol. The number of para-hydroxylation sites is 2. The van der Waals surface area contributed by atoms with Crippen molar-refractivity contribution in [3.05, 3.63) is 34.4 Å². The summed E-state index contributed by atoms with van der Waals surface area (Å²) in [5.41, 5.74) is 0.718. The van der Waals surface area contributed by atoms with Gasteiger partial charge in [-0.1, -0.05) is 12.1 Å². The number of morpholine rings is 1. The summed E-state index contributed by atoms with van der Waals surface area (Å²) in [6.07, 6.45) is -0.139. The molecule has 9 heteroatoms. The minimum Gasteiger partial charge on any atom is -0.375 e. The second kappa shape index (κ2) is 8.46. The number of nitrogens with one attached hydrogen (secondary N) is 1. The first-order chi connectivity index (χ1) is 11.6. The van der Waals surface area contributed by atoms with Crippen molar-refractivity contribution in [3.8, 4) is 0 Å². The maximum Gasteiger partial charge on any atom is 0.292 e. The molecule has 2 heterocycles. The van der Waals surface area contributed by atoms with Crippen LogP contribution in [0.25, 0.3) is 0 Å². The first-order valence-corrected chi connectivity index (χ1v) is 8.20. The second-order valence-electron chi connectivity index (χ2n) is 6.07. The normalized spacial score (nSPS) is 23.7. The fraction of sp³-hybridized carbons (Fsp3) is 0.562. The van der Waals surface area contributed by atoms with Crippen molar-refractivity contribution in [1.82, 2.24) is 10.2 Å². The predicted octanol–water partition coefficient (Wildman–Crippen LogP) is 1.04. The van der Waals surface area contributed by atoms with Crippen LogP contribution in [-0.4, -0.2) is 67.2 Å². The molecule has 25 heavy (non-hydrogen) atoms. The van der Waals surface area contributed by atoms with Gasteiger partial charge in [-0.3, -0.25) is 14.9 Å². The quantitative estimate of drug-likeness (QED) is 0.632. The zero-order valence-corrected chi connectivity index (χ0v) is 14.9. The van der Waals surface area contributed by atoms with Crippen LogP contribution in [-0.2, 0) is 9.53 Å². The number of piperazine rings is 1. The molecule has 0 aromatic heterocycles. The van der Waals surface area contributed by atoms with E-state index in [1.165, 1.54) is 6.07 Å². The largest absolute Gasteiger partial charge is 0.375 e. The van der Waals surface area contributed by atoms with Crippen LogP contribution < -0.4 is 10.2 Å². The number of ether oxygens (including phenoxy) is 1. The monoisotopic (exact) mass is 370 g/mol. The number of nitro groups is 1. The van der Waals surface area contributed by atoms with Gasteiger partial charge in [-0.15, -0.1) is 12.4 Å². The molecule has 8 nitrogen and oxygen atoms in total. The summed E-state index contributed by atoms with van der Waals surface area (Å²) in [6.45, 7) is 5.47. The predicted molar refractivity (Wildman–Crippen MR) is 96.3 cm³/mol. The summed E-state index contributed by atoms with van der Waals surface area (Å²) in [6, 6.07) is 6.42. The van der Waals surface area contributed by atoms with Gasteiger partial charge in [0.1, 0.15) is 11.7 Å². The zero-order chi connectivity index (χ0) is 17.1. The third-order valence-corrected chi connectivity index (χ3v) is 4.59. The Morgan fingerprint density at radius 3 is 2.60 bits per heavy atom. The van der Waals surface area contributed by atoms with Crippen molar-refractivity contribution in [1.29, 1.82) is 0 Å². The fourth-order valence-corrected chi connectivity index (χ4v) is 3.26. The van der Waals surface area contributed by atoms with Crippen molar-refractivity contribution in [2.24, 2.45) is 0 Å². The average Bonchev–Trinajstić information content (AvgIpc) is 2.62. The third-order valence-electron chi connectivity index (χ3n) is 4.59. The van der Waals surface area contributed by atoms with E-state index in [4.69, 9.17) is 4.74 Å². The number of hydrogen-bond acceptors (Lipinski definition) is 6. The van der Waals surface area contributed by atoms with Crippen molar-refractivity contribution >= 4 is 29.7 Å². The van der Waals surface area contributed by atoms with Crippen molar-refractivity contribution < 1.29 is 14.5 Å². The number of amides is 1. The Morgan fingerprint density at radius 2 is 1.96 bits per heavy atom. The van der Waals surface area contributed by atoms with Gasteiger partial charge in [0.25, 0.3) is 5.69 Å². The van der Waals surface area contributed by atoms with E-state index in [9.17, 15) is 14.9 Å². The highest BCUT2D eigenvalue weighted by atomic mass is 35.5. The molecule has 0 unspecified atom stereocenters. The van der Waals surface area contributed by atoms with E-state index >= 15 is 0 Å². The van der Waals surface area contributed by atoms with Crippen LogP contribution in [0.2, 0.25) is 0 Å². The standard InChI is InChI=1S/C16H22N4O4.ClH/c1-12-15(17-6-11-24-12)16(21)19-9-7-18(8-10-19)13-4-2-3-5-14(13)20(22)23;/h2-5,12,15,17H,6-11H2,1H3;1H/t12-,15+;/m1./s1. The van der Waals surface area contributed by atoms with Gasteiger partial charge < -0.3 is 19.9 Å². The van der Waals surface area contributed by atoms with Crippen LogP contribution >= 0.6 is 12.4 Å². The zero-order valence-electron chi connectivity index (χ0n) is 14.1. The van der Waals surface area contributed by atoms with Gasteiger partial charge in [0, 0.05) is 38.8 Å². The molecule has 2 fully saturated rings. The molecule has 1 N–H and O–H groups in total. The Hall–Kier alpha value is -1.90. The van der Waals surface area contributed by atoms with Gasteiger partial charge in [-0.25, -0.2) is 0 Å². The van der Waals surface area contributed by atoms with E-state index in [0.717, 1.165) is 0 Å². The molecule has 1 aromatic carbocycles. The smallest absolute Gasteiger partial charge is 0.292 e. The summed E-state index contributed by atoms with van der Waals surface area (Å²) >= 11 is 0. The Balaban J connectivity index is 0.00000225. The first kappa shape index (κ1) is 19.4. The van der Waals surface area contributed by atoms with Crippen molar-refractivity contribution in [2.45, 2.75) is 19.1 Å². The van der Waals surface area contributed by atoms with Gasteiger partial charge >= 0.3 is 0 Å². The number of rotatable bonds is 3. The fourth-order valence-electron chi connectivity index (χ4n) is 3.26. The summed E-state index contributed by atoms with van der Waals surface area (Å²) in [4.78, 5) is 27.2. The SMILES string of the molecule is C[C@H]1OCCN[C@@H]1C(=O)N1CCN(c2ccccc2[N+](=O)[O-])CC1.Cl. The molecule has 0 aliphatic carbocycles. The number of anilines is 1. The lowest BCUT2D eigenvalue weighted by Gasteiger charge is -2.39. The van der Waals surface area contributed by atoms with Crippen LogP contribution in [0.15, 0.2) is 24.3 Å². The van der Waals surface area contributed by atoms with Crippen LogP contribution in [0.1, 0.15) is 6.92 Å². The number of carbonyl (C=O) groups excluding carboxylic acids is 1. The van der Waals surface area contributed by atoms with Crippen LogP contribution in [0, 0.1) is 10.1 Å². The molecule has 0 spiro atoms. The van der Waals surface area contributed by atoms with E-state index in [-0.39, 0.29) is 41.1 Å². The van der Waals surface area contributed by atoms with Crippen LogP contribution in [0.5, 0.6) is 0 Å². The van der Waals surface area contributed by atoms with Gasteiger partial charge in [-0.05, 0) is 13.0 Å². The van der Waals surface area contributed by atoms with Gasteiger partial charge in [0.05, 0.1) is 17.6 Å². The molecule has 0 radical (unpaired) electrons. The number of hydrogen-bond donors (Lipinski definition) is 1. The minimum absolute atomic E-state index is 0. The molecule has 0 bridgehead atoms. The Morgan fingerprint density at radius 1 is 1.28 bits per heavy atom. The highest BCUT2D eigenvalue weighted by molar-refractivity contribution is 5.85. The van der Waals surface area contributed by atoms with E-state index in [1.807, 2.05) is 16.7 Å². The van der Waals surface area contributed by atoms with Gasteiger partial charge in [0.2, 0.25) is 5.91 Å². The second-order valence-corrected chi connectivity index (χ2v) is 6.07. The number of nitrogens with zero attached hydrogens (tertiary/aromatic N) is 3. The molecule has 2 saturated heterocycles. The Kier molecular flexibility index (Phi) is 6.57. The van der Waals surface area contributed by atoms with Gasteiger partial charge in [0.15, 0.2) is 0 Å². The highest BCUT2D eigenvalue weighted by Gasteiger charge is 2.33. The molecule has 138 valence electrons. The van der Waals surface area contributed by atoms with Crippen molar-refractivity contribution in [2.75, 3.05) is 44.2 Å². The minimum atomic E-state index is -0.363. The maximum absolute atomic E-state index is 12.6. The van der Waals surface area contributed by atoms with E-state index in [2.05, 4.69) is 5.32 Å². The molecule has 3 rings (SSSR count). The summed E-state index contributed by atoms with van der Waals surface area (Å²) in [5, 5.41) is 14.4. The van der Waals surface area contributed by atoms with Crippen LogP contribution in [0.3, 0.4) is 0 Å². The molecule has 2 aliphatic heterocycles. The molecule has 1 amide bonds. The molecular formula is C16H23ClN4O4. The lowest BCUT2D eigenvalue weighted by atomic mass is 10.1.